The highest BCUT2D eigenvalue weighted by Crippen LogP contribution is 2.30. The van der Waals surface area contributed by atoms with Crippen LogP contribution in [0.25, 0.3) is 0 Å². The number of ether oxygens (including phenoxy) is 1. The van der Waals surface area contributed by atoms with Crippen molar-refractivity contribution in [2.24, 2.45) is 0 Å². The summed E-state index contributed by atoms with van der Waals surface area (Å²) in [5, 5.41) is 0. The fraction of sp³-hybridized carbons (Fsp3) is 0.667. The van der Waals surface area contributed by atoms with Gasteiger partial charge in [0.2, 0.25) is 0 Å². The van der Waals surface area contributed by atoms with E-state index in [9.17, 15) is 4.79 Å². The van der Waals surface area contributed by atoms with Crippen molar-refractivity contribution < 1.29 is 4.74 Å². The van der Waals surface area contributed by atoms with Crippen LogP contribution in [0.1, 0.15) is 31.7 Å². The Morgan fingerprint density at radius 2 is 1.75 bits per heavy atom. The second-order valence-electron chi connectivity index (χ2n) is 5.79. The predicted molar refractivity (Wildman–Crippen MR) is 78.8 cm³/mol. The first kappa shape index (κ1) is 13.6. The Morgan fingerprint density at radius 1 is 1.10 bits per heavy atom. The Labute approximate surface area is 119 Å². The van der Waals surface area contributed by atoms with Gasteiger partial charge < -0.3 is 15.0 Å². The molecule has 1 saturated heterocycles. The number of rotatable bonds is 2. The zero-order valence-electron chi connectivity index (χ0n) is 11.8. The Bertz CT molecular complexity index is 500. The summed E-state index contributed by atoms with van der Waals surface area (Å²) < 4.78 is 7.23. The Morgan fingerprint density at radius 3 is 2.45 bits per heavy atom. The fourth-order valence-electron chi connectivity index (χ4n) is 3.46. The minimum Gasteiger partial charge on any atom is -0.394 e. The van der Waals surface area contributed by atoms with Gasteiger partial charge in [-0.3, -0.25) is 9.69 Å². The van der Waals surface area contributed by atoms with Gasteiger partial charge in [-0.15, -0.1) is 0 Å². The molecule has 1 aromatic heterocycles. The highest BCUT2D eigenvalue weighted by Gasteiger charge is 2.27. The number of morpholine rings is 1. The number of pyridine rings is 1. The molecule has 0 spiro atoms. The molecule has 0 amide bonds. The van der Waals surface area contributed by atoms with Crippen molar-refractivity contribution in [3.63, 3.8) is 0 Å². The first-order chi connectivity index (χ1) is 9.75. The van der Waals surface area contributed by atoms with E-state index in [2.05, 4.69) is 4.90 Å². The van der Waals surface area contributed by atoms with Crippen LogP contribution in [-0.2, 0) is 4.74 Å². The molecular weight excluding hydrogens is 254 g/mol. The molecule has 20 heavy (non-hydrogen) atoms. The predicted octanol–water partition coefficient (Wildman–Crippen LogP) is 1.25. The third-order valence-electron chi connectivity index (χ3n) is 4.63. The molecule has 5 nitrogen and oxygen atoms in total. The van der Waals surface area contributed by atoms with Crippen molar-refractivity contribution in [2.45, 2.75) is 37.8 Å². The third-order valence-corrected chi connectivity index (χ3v) is 4.63. The Hall–Kier alpha value is -1.33. The zero-order chi connectivity index (χ0) is 13.9. The summed E-state index contributed by atoms with van der Waals surface area (Å²) >= 11 is 0. The van der Waals surface area contributed by atoms with E-state index in [1.54, 1.807) is 6.07 Å². The smallest absolute Gasteiger partial charge is 0.273 e. The molecule has 5 heteroatoms. The fourth-order valence-corrected chi connectivity index (χ4v) is 3.46. The number of nitrogens with two attached hydrogens (primary N) is 1. The average molecular weight is 277 g/mol. The molecule has 2 N–H and O–H groups in total. The van der Waals surface area contributed by atoms with Gasteiger partial charge in [-0.2, -0.15) is 0 Å². The minimum absolute atomic E-state index is 0.0395. The van der Waals surface area contributed by atoms with Crippen molar-refractivity contribution in [2.75, 3.05) is 32.0 Å². The van der Waals surface area contributed by atoms with Crippen molar-refractivity contribution in [3.8, 4) is 0 Å². The number of nitrogens with zero attached hydrogens (tertiary/aromatic N) is 2. The van der Waals surface area contributed by atoms with Crippen molar-refractivity contribution >= 4 is 5.69 Å². The normalized spacial score (nSPS) is 28.4. The number of aromatic nitrogens is 1. The maximum absolute atomic E-state index is 12.1. The van der Waals surface area contributed by atoms with E-state index in [1.807, 2.05) is 16.8 Å². The van der Waals surface area contributed by atoms with Gasteiger partial charge in [0, 0.05) is 31.4 Å². The molecule has 2 fully saturated rings. The largest absolute Gasteiger partial charge is 0.394 e. The molecular formula is C15H23N3O2. The number of hydrogen-bond donors (Lipinski definition) is 1. The quantitative estimate of drug-likeness (QED) is 0.883. The summed E-state index contributed by atoms with van der Waals surface area (Å²) in [4.78, 5) is 14.6. The van der Waals surface area contributed by atoms with E-state index < -0.39 is 0 Å². The lowest BCUT2D eigenvalue weighted by Gasteiger charge is -2.39. The average Bonchev–Trinajstić information content (AvgIpc) is 2.51. The van der Waals surface area contributed by atoms with Crippen LogP contribution in [0.2, 0.25) is 0 Å². The van der Waals surface area contributed by atoms with Gasteiger partial charge in [-0.1, -0.05) is 0 Å². The minimum atomic E-state index is -0.0395. The van der Waals surface area contributed by atoms with Crippen LogP contribution in [-0.4, -0.2) is 41.8 Å². The highest BCUT2D eigenvalue weighted by atomic mass is 16.5. The summed E-state index contributed by atoms with van der Waals surface area (Å²) in [5.74, 6) is 0. The first-order valence-corrected chi connectivity index (χ1v) is 7.54. The molecule has 3 rings (SSSR count). The standard InChI is InChI=1S/C15H23N3O2/c16-14-2-1-7-18(15(14)19)13-5-3-12(4-6-13)17-8-10-20-11-9-17/h1-2,7,12-13H,3-6,8-11,16H2/t12-,13+. The molecule has 1 saturated carbocycles. The van der Waals surface area contributed by atoms with Gasteiger partial charge in [0.05, 0.1) is 18.9 Å². The summed E-state index contributed by atoms with van der Waals surface area (Å²) in [5.41, 5.74) is 6.03. The molecule has 0 radical (unpaired) electrons. The molecule has 2 aliphatic rings. The number of nitrogen functional groups attached to an aromatic ring is 1. The van der Waals surface area contributed by atoms with Gasteiger partial charge in [0.25, 0.3) is 5.56 Å². The number of hydrogen-bond acceptors (Lipinski definition) is 4. The highest BCUT2D eigenvalue weighted by molar-refractivity contribution is 5.33. The molecule has 110 valence electrons. The lowest BCUT2D eigenvalue weighted by atomic mass is 9.89. The molecule has 0 unspecified atom stereocenters. The van der Waals surface area contributed by atoms with Gasteiger partial charge in [0.1, 0.15) is 0 Å². The second kappa shape index (κ2) is 5.97. The van der Waals surface area contributed by atoms with Crippen molar-refractivity contribution in [1.29, 1.82) is 0 Å². The second-order valence-corrected chi connectivity index (χ2v) is 5.79. The third kappa shape index (κ3) is 2.74. The van der Waals surface area contributed by atoms with Crippen LogP contribution in [0.4, 0.5) is 5.69 Å². The van der Waals surface area contributed by atoms with Crippen LogP contribution in [0.3, 0.4) is 0 Å². The van der Waals surface area contributed by atoms with Crippen LogP contribution < -0.4 is 11.3 Å². The monoisotopic (exact) mass is 277 g/mol. The molecule has 1 aliphatic carbocycles. The van der Waals surface area contributed by atoms with E-state index in [-0.39, 0.29) is 5.56 Å². The van der Waals surface area contributed by atoms with Crippen molar-refractivity contribution in [1.82, 2.24) is 9.47 Å². The SMILES string of the molecule is Nc1cccn([C@H]2CC[C@@H](N3CCOCC3)CC2)c1=O. The van der Waals surface area contributed by atoms with E-state index in [0.717, 1.165) is 52.0 Å². The molecule has 0 bridgehead atoms. The summed E-state index contributed by atoms with van der Waals surface area (Å²) in [6.07, 6.45) is 6.31. The lowest BCUT2D eigenvalue weighted by Crippen LogP contribution is -2.45. The van der Waals surface area contributed by atoms with Gasteiger partial charge >= 0.3 is 0 Å². The van der Waals surface area contributed by atoms with E-state index in [1.165, 1.54) is 0 Å². The number of anilines is 1. The van der Waals surface area contributed by atoms with E-state index in [0.29, 0.717) is 17.8 Å². The summed E-state index contributed by atoms with van der Waals surface area (Å²) in [6.45, 7) is 3.81. The van der Waals surface area contributed by atoms with Crippen LogP contribution >= 0.6 is 0 Å². The first-order valence-electron chi connectivity index (χ1n) is 7.54. The molecule has 0 atom stereocenters. The molecule has 0 aromatic carbocycles. The maximum atomic E-state index is 12.1. The maximum Gasteiger partial charge on any atom is 0.273 e. The van der Waals surface area contributed by atoms with Gasteiger partial charge in [-0.25, -0.2) is 0 Å². The van der Waals surface area contributed by atoms with E-state index in [4.69, 9.17) is 10.5 Å². The topological polar surface area (TPSA) is 60.5 Å². The Kier molecular flexibility index (Phi) is 4.08. The molecule has 1 aromatic rings. The van der Waals surface area contributed by atoms with Crippen LogP contribution in [0.5, 0.6) is 0 Å². The van der Waals surface area contributed by atoms with Gasteiger partial charge in [0.15, 0.2) is 0 Å². The lowest BCUT2D eigenvalue weighted by molar-refractivity contribution is 0.00535. The molecule has 1 aliphatic heterocycles. The van der Waals surface area contributed by atoms with Gasteiger partial charge in [-0.05, 0) is 37.8 Å². The molecule has 2 heterocycles. The Balaban J connectivity index is 1.63. The zero-order valence-corrected chi connectivity index (χ0v) is 11.8. The van der Waals surface area contributed by atoms with Crippen molar-refractivity contribution in [3.05, 3.63) is 28.7 Å². The van der Waals surface area contributed by atoms with E-state index >= 15 is 0 Å². The summed E-state index contributed by atoms with van der Waals surface area (Å²) in [7, 11) is 0. The van der Waals surface area contributed by atoms with Crippen LogP contribution in [0.15, 0.2) is 23.1 Å². The van der Waals surface area contributed by atoms with Crippen LogP contribution in [0, 0.1) is 0 Å². The summed E-state index contributed by atoms with van der Waals surface area (Å²) in [6, 6.07) is 4.51.